The van der Waals surface area contributed by atoms with Crippen LogP contribution in [0.2, 0.25) is 0 Å². The maximum atomic E-state index is 14.3. The van der Waals surface area contributed by atoms with Crippen LogP contribution in [0.3, 0.4) is 0 Å². The summed E-state index contributed by atoms with van der Waals surface area (Å²) in [4.78, 5) is 43.5. The molecule has 4 N–H and O–H groups in total. The minimum absolute atomic E-state index is 0.128. The van der Waals surface area contributed by atoms with Gasteiger partial charge in [0.1, 0.15) is 11.6 Å². The summed E-state index contributed by atoms with van der Waals surface area (Å²) >= 11 is 0. The summed E-state index contributed by atoms with van der Waals surface area (Å²) in [5.41, 5.74) is 1.01. The second kappa shape index (κ2) is 18.0. The van der Waals surface area contributed by atoms with Gasteiger partial charge in [0.2, 0.25) is 0 Å². The maximum absolute atomic E-state index is 14.3. The fraction of sp³-hybridized carbons (Fsp3) is 0.583. The molecule has 11 nitrogen and oxygen atoms in total. The van der Waals surface area contributed by atoms with Crippen LogP contribution in [-0.2, 0) is 4.74 Å². The van der Waals surface area contributed by atoms with Crippen LogP contribution in [0.5, 0.6) is 5.75 Å². The highest BCUT2D eigenvalue weighted by molar-refractivity contribution is 6.02. The lowest BCUT2D eigenvalue weighted by Gasteiger charge is -2.36. The standard InChI is InChI=1S/C36H52FN5O6/c1-24-21-42(25(2)23-43)34(44)31-20-30(39-35(45)38-29-15-13-27(37)14-16-29)17-18-32(31)48-26(3)10-8-9-19-47-33(24)22-41(4)36(46)40-28-11-6-5-7-12-28/h13-18,20,24-26,28,33,43H,5-12,19,21-23H2,1-4H3,(H,40,46)(H2,38,39,45)/t24-,25+,26-,33+/m1/s1. The van der Waals surface area contributed by atoms with E-state index in [1.54, 1.807) is 42.0 Å². The van der Waals surface area contributed by atoms with Gasteiger partial charge in [-0.1, -0.05) is 26.2 Å². The van der Waals surface area contributed by atoms with Crippen LogP contribution in [0.1, 0.15) is 82.5 Å². The molecule has 1 aliphatic heterocycles. The summed E-state index contributed by atoms with van der Waals surface area (Å²) in [5, 5.41) is 18.8. The van der Waals surface area contributed by atoms with Crippen molar-refractivity contribution >= 4 is 29.3 Å². The van der Waals surface area contributed by atoms with Crippen molar-refractivity contribution in [1.29, 1.82) is 0 Å². The molecule has 12 heteroatoms. The van der Waals surface area contributed by atoms with Crippen LogP contribution in [-0.4, -0.2) is 90.5 Å². The Labute approximate surface area is 283 Å². The van der Waals surface area contributed by atoms with E-state index in [1.165, 1.54) is 30.7 Å². The van der Waals surface area contributed by atoms with Gasteiger partial charge in [0.05, 0.1) is 30.4 Å². The van der Waals surface area contributed by atoms with Crippen molar-refractivity contribution in [2.45, 2.75) is 96.4 Å². The number of aliphatic hydroxyl groups excluding tert-OH is 1. The first-order valence-electron chi connectivity index (χ1n) is 17.2. The average molecular weight is 670 g/mol. The number of likely N-dealkylation sites (N-methyl/N-ethyl adjacent to an activating group) is 1. The molecule has 2 aromatic carbocycles. The number of nitrogens with one attached hydrogen (secondary N) is 3. The molecule has 1 fully saturated rings. The minimum atomic E-state index is -0.560. The van der Waals surface area contributed by atoms with E-state index in [2.05, 4.69) is 16.0 Å². The number of hydrogen-bond donors (Lipinski definition) is 4. The van der Waals surface area contributed by atoms with Crippen molar-refractivity contribution in [1.82, 2.24) is 15.1 Å². The number of carbonyl (C=O) groups excluding carboxylic acids is 3. The number of hydrogen-bond acceptors (Lipinski definition) is 6. The summed E-state index contributed by atoms with van der Waals surface area (Å²) < 4.78 is 26.0. The predicted molar refractivity (Wildman–Crippen MR) is 184 cm³/mol. The van der Waals surface area contributed by atoms with Gasteiger partial charge in [-0.25, -0.2) is 14.0 Å². The second-order valence-corrected chi connectivity index (χ2v) is 13.3. The molecular weight excluding hydrogens is 617 g/mol. The molecule has 1 aliphatic carbocycles. The van der Waals surface area contributed by atoms with Crippen molar-refractivity contribution in [3.63, 3.8) is 0 Å². The molecule has 0 aromatic heterocycles. The smallest absolute Gasteiger partial charge is 0.323 e. The van der Waals surface area contributed by atoms with Gasteiger partial charge >= 0.3 is 12.1 Å². The van der Waals surface area contributed by atoms with Crippen LogP contribution in [0, 0.1) is 11.7 Å². The quantitative estimate of drug-likeness (QED) is 0.276. The molecule has 5 amide bonds. The van der Waals surface area contributed by atoms with E-state index in [0.29, 0.717) is 30.3 Å². The SMILES string of the molecule is C[C@@H]1CCCCO[C@@H](CN(C)C(=O)NC2CCCCC2)[C@H](C)CN([C@@H](C)CO)C(=O)c2cc(NC(=O)Nc3ccc(F)cc3)ccc2O1. The second-order valence-electron chi connectivity index (χ2n) is 13.3. The largest absolute Gasteiger partial charge is 0.490 e. The van der Waals surface area contributed by atoms with Gasteiger partial charge in [0, 0.05) is 50.1 Å². The Hall–Kier alpha value is -3.90. The van der Waals surface area contributed by atoms with Crippen LogP contribution in [0.4, 0.5) is 25.4 Å². The van der Waals surface area contributed by atoms with Crippen LogP contribution in [0.15, 0.2) is 42.5 Å². The highest BCUT2D eigenvalue weighted by atomic mass is 19.1. The lowest BCUT2D eigenvalue weighted by Crippen LogP contribution is -2.50. The fourth-order valence-electron chi connectivity index (χ4n) is 6.17. The Morgan fingerprint density at radius 1 is 1.00 bits per heavy atom. The molecule has 1 saturated carbocycles. The van der Waals surface area contributed by atoms with Gasteiger partial charge < -0.3 is 40.3 Å². The predicted octanol–water partition coefficient (Wildman–Crippen LogP) is 6.24. The van der Waals surface area contributed by atoms with Crippen LogP contribution >= 0.6 is 0 Å². The third-order valence-electron chi connectivity index (χ3n) is 9.14. The first-order valence-corrected chi connectivity index (χ1v) is 17.2. The molecule has 2 aliphatic rings. The zero-order valence-corrected chi connectivity index (χ0v) is 28.7. The molecule has 1 heterocycles. The van der Waals surface area contributed by atoms with Crippen molar-refractivity contribution in [2.75, 3.05) is 44.0 Å². The van der Waals surface area contributed by atoms with E-state index in [4.69, 9.17) is 9.47 Å². The highest BCUT2D eigenvalue weighted by Crippen LogP contribution is 2.29. The Bertz CT molecular complexity index is 1350. The van der Waals surface area contributed by atoms with E-state index < -0.39 is 17.9 Å². The summed E-state index contributed by atoms with van der Waals surface area (Å²) in [6, 6.07) is 9.25. The van der Waals surface area contributed by atoms with E-state index in [1.807, 2.05) is 13.8 Å². The fourth-order valence-corrected chi connectivity index (χ4v) is 6.17. The summed E-state index contributed by atoms with van der Waals surface area (Å²) in [7, 11) is 1.77. The van der Waals surface area contributed by atoms with E-state index >= 15 is 0 Å². The van der Waals surface area contributed by atoms with Crippen LogP contribution in [0.25, 0.3) is 0 Å². The average Bonchev–Trinajstić information content (AvgIpc) is 3.07. The first-order chi connectivity index (χ1) is 23.0. The zero-order valence-electron chi connectivity index (χ0n) is 28.7. The molecule has 264 valence electrons. The minimum Gasteiger partial charge on any atom is -0.490 e. The van der Waals surface area contributed by atoms with E-state index in [9.17, 15) is 23.9 Å². The van der Waals surface area contributed by atoms with Gasteiger partial charge in [-0.15, -0.1) is 0 Å². The Morgan fingerprint density at radius 2 is 1.67 bits per heavy atom. The molecule has 0 saturated heterocycles. The van der Waals surface area contributed by atoms with E-state index in [-0.39, 0.29) is 54.8 Å². The number of anilines is 2. The Balaban J connectivity index is 1.55. The van der Waals surface area contributed by atoms with Crippen molar-refractivity contribution in [3.05, 3.63) is 53.8 Å². The van der Waals surface area contributed by atoms with Gasteiger partial charge in [0.25, 0.3) is 5.91 Å². The van der Waals surface area contributed by atoms with Gasteiger partial charge in [0.15, 0.2) is 0 Å². The normalized spacial score (nSPS) is 22.0. The summed E-state index contributed by atoms with van der Waals surface area (Å²) in [5.74, 6) is -0.598. The number of rotatable bonds is 7. The Kier molecular flexibility index (Phi) is 13.9. The van der Waals surface area contributed by atoms with Crippen molar-refractivity contribution in [3.8, 4) is 5.75 Å². The lowest BCUT2D eigenvalue weighted by molar-refractivity contribution is -0.0123. The number of ether oxygens (including phenoxy) is 2. The van der Waals surface area contributed by atoms with Gasteiger partial charge in [-0.3, -0.25) is 4.79 Å². The third kappa shape index (κ3) is 10.8. The molecule has 2 aromatic rings. The molecular formula is C36H52FN5O6. The molecule has 0 spiro atoms. The molecule has 4 atom stereocenters. The highest BCUT2D eigenvalue weighted by Gasteiger charge is 2.31. The number of halogens is 1. The number of nitrogens with zero attached hydrogens (tertiary/aromatic N) is 2. The number of amides is 5. The number of urea groups is 2. The molecule has 0 unspecified atom stereocenters. The molecule has 0 bridgehead atoms. The molecule has 4 rings (SSSR count). The lowest BCUT2D eigenvalue weighted by atomic mass is 9.96. The number of aliphatic hydroxyl groups is 1. The Morgan fingerprint density at radius 3 is 2.38 bits per heavy atom. The maximum Gasteiger partial charge on any atom is 0.323 e. The van der Waals surface area contributed by atoms with Gasteiger partial charge in [-0.2, -0.15) is 0 Å². The summed E-state index contributed by atoms with van der Waals surface area (Å²) in [6.07, 6.45) is 7.27. The van der Waals surface area contributed by atoms with Crippen molar-refractivity contribution in [2.24, 2.45) is 5.92 Å². The van der Waals surface area contributed by atoms with Gasteiger partial charge in [-0.05, 0) is 88.4 Å². The third-order valence-corrected chi connectivity index (χ3v) is 9.14. The number of benzene rings is 2. The topological polar surface area (TPSA) is 132 Å². The monoisotopic (exact) mass is 669 g/mol. The molecule has 0 radical (unpaired) electrons. The molecule has 48 heavy (non-hydrogen) atoms. The van der Waals surface area contributed by atoms with Crippen LogP contribution < -0.4 is 20.7 Å². The van der Waals surface area contributed by atoms with E-state index in [0.717, 1.165) is 44.9 Å². The number of carbonyl (C=O) groups is 3. The number of fused-ring (bicyclic) bond motifs is 1. The first kappa shape index (κ1) is 36.9. The summed E-state index contributed by atoms with van der Waals surface area (Å²) in [6.45, 7) is 6.55. The zero-order chi connectivity index (χ0) is 34.6. The van der Waals surface area contributed by atoms with Crippen molar-refractivity contribution < 1.29 is 33.4 Å².